The maximum atomic E-state index is 13.6. The molecule has 0 amide bonds. The minimum absolute atomic E-state index is 0.356. The first-order valence-electron chi connectivity index (χ1n) is 11.8. The van der Waals surface area contributed by atoms with E-state index in [1.54, 1.807) is 6.07 Å². The van der Waals surface area contributed by atoms with Gasteiger partial charge in [0.15, 0.2) is 0 Å². The molecular formula is C29H31N3O2S. The van der Waals surface area contributed by atoms with E-state index in [0.717, 1.165) is 38.7 Å². The second kappa shape index (κ2) is 9.33. The van der Waals surface area contributed by atoms with Crippen molar-refractivity contribution < 1.29 is 8.42 Å². The average molecular weight is 486 g/mol. The molecule has 4 aromatic rings. The molecule has 0 aliphatic heterocycles. The Morgan fingerprint density at radius 2 is 1.69 bits per heavy atom. The number of rotatable bonds is 7. The van der Waals surface area contributed by atoms with Crippen LogP contribution >= 0.6 is 0 Å². The van der Waals surface area contributed by atoms with Crippen molar-refractivity contribution in [2.24, 2.45) is 0 Å². The Bertz CT molecular complexity index is 1540. The molecule has 1 atom stereocenters. The lowest BCUT2D eigenvalue weighted by atomic mass is 10.0. The van der Waals surface area contributed by atoms with E-state index >= 15 is 0 Å². The van der Waals surface area contributed by atoms with Crippen molar-refractivity contribution in [3.63, 3.8) is 0 Å². The Hall–Kier alpha value is -3.40. The molecule has 5 nitrogen and oxygen atoms in total. The van der Waals surface area contributed by atoms with E-state index in [2.05, 4.69) is 27.6 Å². The maximum absolute atomic E-state index is 13.6. The fourth-order valence-corrected chi connectivity index (χ4v) is 6.85. The van der Waals surface area contributed by atoms with Gasteiger partial charge in [0.2, 0.25) is 10.0 Å². The molecule has 3 aromatic carbocycles. The Labute approximate surface area is 208 Å². The SMILES string of the molecule is CC[C@@](C)(Cn1cc(-c2cccc(C#N)c2)c2ccccc21)NS(=O)(=O)c1c(C)cc(C)cc1C. The molecule has 1 N–H and O–H groups in total. The highest BCUT2D eigenvalue weighted by Gasteiger charge is 2.32. The van der Waals surface area contributed by atoms with E-state index < -0.39 is 15.6 Å². The second-order valence-electron chi connectivity index (χ2n) is 9.63. The van der Waals surface area contributed by atoms with E-state index in [1.165, 1.54) is 0 Å². The summed E-state index contributed by atoms with van der Waals surface area (Å²) in [4.78, 5) is 0.356. The number of nitrogens with zero attached hydrogens (tertiary/aromatic N) is 2. The highest BCUT2D eigenvalue weighted by atomic mass is 32.2. The minimum Gasteiger partial charge on any atom is -0.345 e. The number of aromatic nitrogens is 1. The summed E-state index contributed by atoms with van der Waals surface area (Å²) < 4.78 is 32.3. The number of hydrogen-bond acceptors (Lipinski definition) is 3. The lowest BCUT2D eigenvalue weighted by Crippen LogP contribution is -2.48. The molecule has 0 saturated carbocycles. The zero-order chi connectivity index (χ0) is 25.4. The van der Waals surface area contributed by atoms with Gasteiger partial charge in [-0.3, -0.25) is 0 Å². The van der Waals surface area contributed by atoms with Crippen LogP contribution in [0.3, 0.4) is 0 Å². The quantitative estimate of drug-likeness (QED) is 0.336. The van der Waals surface area contributed by atoms with Gasteiger partial charge in [-0.15, -0.1) is 0 Å². The number of benzene rings is 3. The largest absolute Gasteiger partial charge is 0.345 e. The van der Waals surface area contributed by atoms with Crippen molar-refractivity contribution in [2.75, 3.05) is 0 Å². The van der Waals surface area contributed by atoms with Crippen LogP contribution in [0.2, 0.25) is 0 Å². The van der Waals surface area contributed by atoms with Crippen LogP contribution in [0.25, 0.3) is 22.0 Å². The summed E-state index contributed by atoms with van der Waals surface area (Å²) >= 11 is 0. The third-order valence-electron chi connectivity index (χ3n) is 6.65. The maximum Gasteiger partial charge on any atom is 0.241 e. The predicted molar refractivity (Wildman–Crippen MR) is 142 cm³/mol. The highest BCUT2D eigenvalue weighted by Crippen LogP contribution is 2.33. The fraction of sp³-hybridized carbons (Fsp3) is 0.276. The van der Waals surface area contributed by atoms with Gasteiger partial charge in [-0.2, -0.15) is 5.26 Å². The number of nitriles is 1. The van der Waals surface area contributed by atoms with Crippen molar-refractivity contribution in [3.8, 4) is 17.2 Å². The molecule has 35 heavy (non-hydrogen) atoms. The lowest BCUT2D eigenvalue weighted by molar-refractivity contribution is 0.351. The number of para-hydroxylation sites is 1. The number of nitrogens with one attached hydrogen (secondary N) is 1. The third-order valence-corrected chi connectivity index (χ3v) is 8.59. The van der Waals surface area contributed by atoms with Gasteiger partial charge < -0.3 is 4.57 Å². The predicted octanol–water partition coefficient (Wildman–Crippen LogP) is 6.25. The van der Waals surface area contributed by atoms with Crippen molar-refractivity contribution in [2.45, 2.75) is 58.0 Å². The summed E-state index contributed by atoms with van der Waals surface area (Å²) in [6.07, 6.45) is 2.67. The van der Waals surface area contributed by atoms with Crippen LogP contribution in [0.1, 0.15) is 42.5 Å². The van der Waals surface area contributed by atoms with Gasteiger partial charge in [-0.05, 0) is 69.0 Å². The summed E-state index contributed by atoms with van der Waals surface area (Å²) in [6.45, 7) is 10.1. The van der Waals surface area contributed by atoms with Crippen LogP contribution in [0.5, 0.6) is 0 Å². The average Bonchev–Trinajstić information content (AvgIpc) is 3.16. The van der Waals surface area contributed by atoms with Crippen LogP contribution < -0.4 is 4.72 Å². The Morgan fingerprint density at radius 3 is 2.34 bits per heavy atom. The highest BCUT2D eigenvalue weighted by molar-refractivity contribution is 7.89. The van der Waals surface area contributed by atoms with E-state index in [9.17, 15) is 13.7 Å². The van der Waals surface area contributed by atoms with Gasteiger partial charge in [-0.25, -0.2) is 13.1 Å². The van der Waals surface area contributed by atoms with Crippen LogP contribution in [-0.4, -0.2) is 18.5 Å². The van der Waals surface area contributed by atoms with E-state index in [4.69, 9.17) is 0 Å². The molecule has 0 spiro atoms. The molecule has 0 unspecified atom stereocenters. The molecule has 0 radical (unpaired) electrons. The van der Waals surface area contributed by atoms with E-state index in [-0.39, 0.29) is 0 Å². The number of hydrogen-bond donors (Lipinski definition) is 1. The Morgan fingerprint density at radius 1 is 1.00 bits per heavy atom. The Kier molecular flexibility index (Phi) is 6.59. The van der Waals surface area contributed by atoms with Crippen LogP contribution in [0, 0.1) is 32.1 Å². The first-order valence-corrected chi connectivity index (χ1v) is 13.3. The first kappa shape index (κ1) is 24.7. The first-order chi connectivity index (χ1) is 16.6. The summed E-state index contributed by atoms with van der Waals surface area (Å²) in [6, 6.07) is 21.7. The summed E-state index contributed by atoms with van der Waals surface area (Å²) in [7, 11) is -3.74. The van der Waals surface area contributed by atoms with Gasteiger partial charge in [0.05, 0.1) is 16.5 Å². The molecule has 0 saturated heterocycles. The molecule has 180 valence electrons. The standard InChI is InChI=1S/C29H31N3O2S/c1-6-29(5,31-35(33,34)28-21(3)14-20(2)15-22(28)4)19-32-18-26(25-12-7-8-13-27(25)32)24-11-9-10-23(16-24)17-30/h7-16,18,31H,6,19H2,1-5H3/t29-/m0/s1. The van der Waals surface area contributed by atoms with Gasteiger partial charge in [0.1, 0.15) is 0 Å². The van der Waals surface area contributed by atoms with E-state index in [1.807, 2.05) is 83.1 Å². The Balaban J connectivity index is 1.75. The van der Waals surface area contributed by atoms with Crippen LogP contribution in [-0.2, 0) is 16.6 Å². The van der Waals surface area contributed by atoms with Gasteiger partial charge in [0, 0.05) is 34.7 Å². The fourth-order valence-electron chi connectivity index (χ4n) is 4.92. The van der Waals surface area contributed by atoms with Gasteiger partial charge in [0.25, 0.3) is 0 Å². The molecular weight excluding hydrogens is 454 g/mol. The minimum atomic E-state index is -3.74. The molecule has 1 aromatic heterocycles. The molecule has 0 aliphatic carbocycles. The smallest absolute Gasteiger partial charge is 0.241 e. The van der Waals surface area contributed by atoms with Crippen molar-refractivity contribution in [3.05, 3.63) is 89.1 Å². The van der Waals surface area contributed by atoms with Crippen LogP contribution in [0.4, 0.5) is 0 Å². The van der Waals surface area contributed by atoms with Crippen LogP contribution in [0.15, 0.2) is 71.8 Å². The number of fused-ring (bicyclic) bond motifs is 1. The normalized spacial score (nSPS) is 13.5. The monoisotopic (exact) mass is 485 g/mol. The zero-order valence-corrected chi connectivity index (χ0v) is 21.7. The zero-order valence-electron chi connectivity index (χ0n) is 20.9. The topological polar surface area (TPSA) is 74.9 Å². The van der Waals surface area contributed by atoms with Crippen molar-refractivity contribution in [1.82, 2.24) is 9.29 Å². The lowest BCUT2D eigenvalue weighted by Gasteiger charge is -2.31. The molecule has 6 heteroatoms. The second-order valence-corrected chi connectivity index (χ2v) is 11.2. The molecule has 0 fully saturated rings. The van der Waals surface area contributed by atoms with E-state index in [0.29, 0.717) is 23.4 Å². The molecule has 4 rings (SSSR count). The molecule has 1 heterocycles. The number of aryl methyl sites for hydroxylation is 3. The third kappa shape index (κ3) is 4.88. The number of sulfonamides is 1. The van der Waals surface area contributed by atoms with Gasteiger partial charge >= 0.3 is 0 Å². The van der Waals surface area contributed by atoms with Crippen molar-refractivity contribution >= 4 is 20.9 Å². The van der Waals surface area contributed by atoms with Gasteiger partial charge in [-0.1, -0.05) is 55.0 Å². The summed E-state index contributed by atoms with van der Waals surface area (Å²) in [5.74, 6) is 0. The summed E-state index contributed by atoms with van der Waals surface area (Å²) in [5.41, 5.74) is 5.44. The summed E-state index contributed by atoms with van der Waals surface area (Å²) in [5, 5.41) is 10.4. The molecule has 0 bridgehead atoms. The molecule has 0 aliphatic rings. The van der Waals surface area contributed by atoms with Crippen molar-refractivity contribution in [1.29, 1.82) is 5.26 Å².